The number of amides is 1. The zero-order valence-electron chi connectivity index (χ0n) is 19.4. The van der Waals surface area contributed by atoms with E-state index in [2.05, 4.69) is 10.1 Å². The van der Waals surface area contributed by atoms with Crippen LogP contribution in [0.3, 0.4) is 0 Å². The van der Waals surface area contributed by atoms with Crippen molar-refractivity contribution < 1.29 is 32.5 Å². The molecule has 1 heterocycles. The van der Waals surface area contributed by atoms with Crippen LogP contribution in [-0.2, 0) is 16.9 Å². The molecule has 1 fully saturated rings. The van der Waals surface area contributed by atoms with Crippen molar-refractivity contribution in [2.45, 2.75) is 44.4 Å². The summed E-state index contributed by atoms with van der Waals surface area (Å²) >= 11 is 0. The molecule has 1 N–H and O–H groups in total. The summed E-state index contributed by atoms with van der Waals surface area (Å²) in [5.41, 5.74) is 1.31. The minimum Gasteiger partial charge on any atom is -0.493 e. The van der Waals surface area contributed by atoms with Crippen molar-refractivity contribution in [2.75, 3.05) is 33.9 Å². The summed E-state index contributed by atoms with van der Waals surface area (Å²) in [5, 5.41) is 3.27. The number of methoxy groups -OCH3 is 1. The van der Waals surface area contributed by atoms with Gasteiger partial charge in [0.15, 0.2) is 23.0 Å². The Balaban J connectivity index is 1.42. The zero-order valence-corrected chi connectivity index (χ0v) is 19.4. The topological polar surface area (TPSA) is 69.3 Å². The van der Waals surface area contributed by atoms with Crippen molar-refractivity contribution in [3.63, 3.8) is 0 Å². The fourth-order valence-corrected chi connectivity index (χ4v) is 4.73. The van der Waals surface area contributed by atoms with Crippen molar-refractivity contribution >= 4 is 5.91 Å². The van der Waals surface area contributed by atoms with Gasteiger partial charge in [-0.2, -0.15) is 8.78 Å². The highest BCUT2D eigenvalue weighted by Gasteiger charge is 2.38. The number of likely N-dealkylation sites (N-methyl/N-ethyl adjacent to an activating group) is 1. The van der Waals surface area contributed by atoms with Crippen molar-refractivity contribution in [2.24, 2.45) is 0 Å². The fraction of sp³-hybridized carbons (Fsp3) is 0.480. The Kier molecular flexibility index (Phi) is 7.41. The number of halogens is 2. The molecule has 184 valence electrons. The largest absolute Gasteiger partial charge is 0.493 e. The molecule has 0 spiro atoms. The molecule has 0 bridgehead atoms. The van der Waals surface area contributed by atoms with Crippen molar-refractivity contribution in [3.05, 3.63) is 47.5 Å². The highest BCUT2D eigenvalue weighted by Crippen LogP contribution is 2.42. The highest BCUT2D eigenvalue weighted by molar-refractivity contribution is 5.79. The van der Waals surface area contributed by atoms with E-state index < -0.39 is 12.2 Å². The maximum absolute atomic E-state index is 13.0. The van der Waals surface area contributed by atoms with Crippen LogP contribution in [-0.4, -0.2) is 51.3 Å². The Labute approximate surface area is 197 Å². The predicted octanol–water partition coefficient (Wildman–Crippen LogP) is 4.09. The number of rotatable bonds is 9. The first-order valence-electron chi connectivity index (χ1n) is 11.4. The van der Waals surface area contributed by atoms with E-state index in [1.165, 1.54) is 13.2 Å². The number of carbonyl (C=O) groups is 1. The number of nitrogens with one attached hydrogen (secondary N) is 1. The van der Waals surface area contributed by atoms with Gasteiger partial charge >= 0.3 is 6.61 Å². The van der Waals surface area contributed by atoms with Gasteiger partial charge < -0.3 is 24.3 Å². The van der Waals surface area contributed by atoms with E-state index in [0.29, 0.717) is 25.5 Å². The van der Waals surface area contributed by atoms with Crippen LogP contribution < -0.4 is 24.3 Å². The molecule has 0 atom stereocenters. The molecule has 34 heavy (non-hydrogen) atoms. The second-order valence-electron chi connectivity index (χ2n) is 8.73. The summed E-state index contributed by atoms with van der Waals surface area (Å²) in [6.07, 6.45) is 3.77. The Hall–Kier alpha value is -3.07. The summed E-state index contributed by atoms with van der Waals surface area (Å²) in [6.45, 7) is -1.37. The molecule has 0 saturated heterocycles. The lowest BCUT2D eigenvalue weighted by Crippen LogP contribution is -2.47. The molecule has 7 nitrogen and oxygen atoms in total. The lowest BCUT2D eigenvalue weighted by atomic mass is 9.87. The highest BCUT2D eigenvalue weighted by atomic mass is 19.3. The third-order valence-corrected chi connectivity index (χ3v) is 6.24. The molecule has 1 amide bonds. The van der Waals surface area contributed by atoms with Gasteiger partial charge in [-0.25, -0.2) is 0 Å². The van der Waals surface area contributed by atoms with Gasteiger partial charge in [0.25, 0.3) is 0 Å². The number of benzene rings is 2. The van der Waals surface area contributed by atoms with Crippen LogP contribution in [0.15, 0.2) is 36.4 Å². The Morgan fingerprint density at radius 1 is 1.09 bits per heavy atom. The molecule has 4 rings (SSSR count). The SMILES string of the molecule is COc1ccc(CN(C)CC(=O)NC2(c3ccc4c(c3)OCCO4)CCCC2)cc1OC(F)F. The van der Waals surface area contributed by atoms with E-state index in [0.717, 1.165) is 42.6 Å². The Bertz CT molecular complexity index is 1010. The van der Waals surface area contributed by atoms with Crippen LogP contribution in [0, 0.1) is 0 Å². The third kappa shape index (κ3) is 5.52. The number of nitrogens with zero attached hydrogens (tertiary/aromatic N) is 1. The third-order valence-electron chi connectivity index (χ3n) is 6.24. The number of hydrogen-bond acceptors (Lipinski definition) is 6. The first-order valence-corrected chi connectivity index (χ1v) is 11.4. The minimum absolute atomic E-state index is 0.0311. The first-order chi connectivity index (χ1) is 16.4. The number of alkyl halides is 2. The molecule has 0 radical (unpaired) electrons. The zero-order chi connectivity index (χ0) is 24.1. The quantitative estimate of drug-likeness (QED) is 0.588. The maximum atomic E-state index is 13.0. The Morgan fingerprint density at radius 3 is 2.53 bits per heavy atom. The molecule has 0 unspecified atom stereocenters. The first kappa shape index (κ1) is 24.1. The molecule has 1 aliphatic heterocycles. The standard InChI is InChI=1S/C25H30F2N2O5/c1-29(15-17-5-7-19(31-2)22(13-17)34-24(26)27)16-23(30)28-25(9-3-4-10-25)18-6-8-20-21(14-18)33-12-11-32-20/h5-8,13-14,24H,3-4,9-12,15-16H2,1-2H3,(H,28,30). The van der Waals surface area contributed by atoms with Gasteiger partial charge in [-0.3, -0.25) is 9.69 Å². The number of carbonyl (C=O) groups excluding carboxylic acids is 1. The number of fused-ring (bicyclic) bond motifs is 1. The molecule has 9 heteroatoms. The van der Waals surface area contributed by atoms with Gasteiger partial charge in [0.2, 0.25) is 5.91 Å². The normalized spacial score (nSPS) is 16.5. The van der Waals surface area contributed by atoms with Gasteiger partial charge in [0, 0.05) is 6.54 Å². The Morgan fingerprint density at radius 2 is 1.82 bits per heavy atom. The molecule has 2 aromatic carbocycles. The van der Waals surface area contributed by atoms with Crippen molar-refractivity contribution in [1.29, 1.82) is 0 Å². The van der Waals surface area contributed by atoms with Crippen LogP contribution in [0.5, 0.6) is 23.0 Å². The molecular weight excluding hydrogens is 446 g/mol. The van der Waals surface area contributed by atoms with Gasteiger partial charge in [-0.05, 0) is 55.3 Å². The lowest BCUT2D eigenvalue weighted by molar-refractivity contribution is -0.124. The second-order valence-corrected chi connectivity index (χ2v) is 8.73. The predicted molar refractivity (Wildman–Crippen MR) is 122 cm³/mol. The van der Waals surface area contributed by atoms with Crippen molar-refractivity contribution in [3.8, 4) is 23.0 Å². The lowest BCUT2D eigenvalue weighted by Gasteiger charge is -2.33. The van der Waals surface area contributed by atoms with Crippen LogP contribution >= 0.6 is 0 Å². The molecule has 1 aliphatic carbocycles. The van der Waals surface area contributed by atoms with Crippen molar-refractivity contribution in [1.82, 2.24) is 10.2 Å². The molecular formula is C25H30F2N2O5. The summed E-state index contributed by atoms with van der Waals surface area (Å²) in [6, 6.07) is 10.7. The summed E-state index contributed by atoms with van der Waals surface area (Å²) in [4.78, 5) is 14.9. The van der Waals surface area contributed by atoms with E-state index in [4.69, 9.17) is 14.2 Å². The van der Waals surface area contributed by atoms with Crippen LogP contribution in [0.1, 0.15) is 36.8 Å². The van der Waals surface area contributed by atoms with Gasteiger partial charge in [0.1, 0.15) is 13.2 Å². The van der Waals surface area contributed by atoms with Crippen LogP contribution in [0.25, 0.3) is 0 Å². The van der Waals surface area contributed by atoms with E-state index in [1.807, 2.05) is 30.1 Å². The second kappa shape index (κ2) is 10.5. The van der Waals surface area contributed by atoms with E-state index >= 15 is 0 Å². The smallest absolute Gasteiger partial charge is 0.387 e. The monoisotopic (exact) mass is 476 g/mol. The minimum atomic E-state index is -2.95. The molecule has 0 aromatic heterocycles. The molecule has 2 aromatic rings. The van der Waals surface area contributed by atoms with Gasteiger partial charge in [0.05, 0.1) is 19.2 Å². The summed E-state index contributed by atoms with van der Waals surface area (Å²) < 4.78 is 46.4. The number of ether oxygens (including phenoxy) is 4. The van der Waals surface area contributed by atoms with E-state index in [9.17, 15) is 13.6 Å². The molecule has 2 aliphatic rings. The maximum Gasteiger partial charge on any atom is 0.387 e. The molecule has 1 saturated carbocycles. The average Bonchev–Trinajstić information content (AvgIpc) is 3.28. The van der Waals surface area contributed by atoms with Crippen LogP contribution in [0.4, 0.5) is 8.78 Å². The average molecular weight is 477 g/mol. The van der Waals surface area contributed by atoms with Gasteiger partial charge in [-0.1, -0.05) is 25.0 Å². The number of hydrogen-bond donors (Lipinski definition) is 1. The van der Waals surface area contributed by atoms with Gasteiger partial charge in [-0.15, -0.1) is 0 Å². The summed E-state index contributed by atoms with van der Waals surface area (Å²) in [7, 11) is 3.20. The van der Waals surface area contributed by atoms with E-state index in [1.54, 1.807) is 12.1 Å². The van der Waals surface area contributed by atoms with E-state index in [-0.39, 0.29) is 24.0 Å². The fourth-order valence-electron chi connectivity index (χ4n) is 4.73. The summed E-state index contributed by atoms with van der Waals surface area (Å²) in [5.74, 6) is 1.53. The van der Waals surface area contributed by atoms with Crippen LogP contribution in [0.2, 0.25) is 0 Å².